The quantitative estimate of drug-likeness (QED) is 0.152. The fourth-order valence-corrected chi connectivity index (χ4v) is 5.00. The van der Waals surface area contributed by atoms with Gasteiger partial charge in [0.15, 0.2) is 0 Å². The molecule has 0 fully saturated rings. The first kappa shape index (κ1) is 30.5. The molecule has 0 heterocycles. The van der Waals surface area contributed by atoms with E-state index < -0.39 is 5.97 Å². The van der Waals surface area contributed by atoms with Crippen molar-refractivity contribution < 1.29 is 9.90 Å². The van der Waals surface area contributed by atoms with Gasteiger partial charge in [0.2, 0.25) is 0 Å². The highest BCUT2D eigenvalue weighted by Gasteiger charge is 2.16. The first-order chi connectivity index (χ1) is 15.0. The van der Waals surface area contributed by atoms with Crippen molar-refractivity contribution in [1.82, 2.24) is 0 Å². The summed E-state index contributed by atoms with van der Waals surface area (Å²) >= 11 is 0. The molecule has 31 heavy (non-hydrogen) atoms. The summed E-state index contributed by atoms with van der Waals surface area (Å²) in [7, 11) is 0. The monoisotopic (exact) mass is 438 g/mol. The van der Waals surface area contributed by atoms with Crippen LogP contribution in [0.15, 0.2) is 0 Å². The van der Waals surface area contributed by atoms with Crippen LogP contribution in [-0.2, 0) is 4.79 Å². The maximum absolute atomic E-state index is 11.0. The van der Waals surface area contributed by atoms with E-state index >= 15 is 0 Å². The summed E-state index contributed by atoms with van der Waals surface area (Å²) in [5.74, 6) is 0.406. The average Bonchev–Trinajstić information content (AvgIpc) is 2.72. The lowest BCUT2D eigenvalue weighted by atomic mass is 9.87. The van der Waals surface area contributed by atoms with Crippen LogP contribution in [0.4, 0.5) is 0 Å². The highest BCUT2D eigenvalue weighted by molar-refractivity contribution is 5.69. The van der Waals surface area contributed by atoms with Gasteiger partial charge in [0.25, 0.3) is 0 Å². The van der Waals surface area contributed by atoms with Crippen molar-refractivity contribution in [2.45, 2.75) is 163 Å². The molecule has 1 N–H and O–H groups in total. The van der Waals surface area contributed by atoms with Crippen LogP contribution in [-0.4, -0.2) is 11.1 Å². The average molecular weight is 439 g/mol. The van der Waals surface area contributed by atoms with Gasteiger partial charge < -0.3 is 5.11 Å². The van der Waals surface area contributed by atoms with Crippen LogP contribution < -0.4 is 0 Å². The Kier molecular flexibility index (Phi) is 22.3. The minimum Gasteiger partial charge on any atom is -0.481 e. The molecule has 0 spiro atoms. The van der Waals surface area contributed by atoms with Crippen molar-refractivity contribution >= 4 is 5.97 Å². The van der Waals surface area contributed by atoms with Crippen molar-refractivity contribution in [3.8, 4) is 0 Å². The Morgan fingerprint density at radius 1 is 0.548 bits per heavy atom. The maximum Gasteiger partial charge on any atom is 0.306 e. The Hall–Kier alpha value is -0.530. The van der Waals surface area contributed by atoms with Crippen LogP contribution >= 0.6 is 0 Å². The van der Waals surface area contributed by atoms with Crippen molar-refractivity contribution in [1.29, 1.82) is 0 Å². The van der Waals surface area contributed by atoms with Gasteiger partial charge in [-0.1, -0.05) is 150 Å². The van der Waals surface area contributed by atoms with Crippen LogP contribution in [0, 0.1) is 17.8 Å². The van der Waals surface area contributed by atoms with E-state index in [2.05, 4.69) is 20.8 Å². The molecule has 0 saturated carbocycles. The van der Waals surface area contributed by atoms with Gasteiger partial charge >= 0.3 is 5.97 Å². The van der Waals surface area contributed by atoms with Crippen molar-refractivity contribution in [2.75, 3.05) is 0 Å². The number of aliphatic carboxylic acids is 1. The third-order valence-corrected chi connectivity index (χ3v) is 7.03. The Morgan fingerprint density at radius 3 is 1.26 bits per heavy atom. The van der Waals surface area contributed by atoms with Crippen LogP contribution in [0.5, 0.6) is 0 Å². The van der Waals surface area contributed by atoms with E-state index in [1.807, 2.05) is 6.92 Å². The first-order valence-electron chi connectivity index (χ1n) is 14.2. The van der Waals surface area contributed by atoms with Gasteiger partial charge in [0.1, 0.15) is 0 Å². The molecule has 0 aromatic rings. The van der Waals surface area contributed by atoms with Gasteiger partial charge in [0, 0.05) is 0 Å². The summed E-state index contributed by atoms with van der Waals surface area (Å²) in [6, 6.07) is 0. The molecule has 0 unspecified atom stereocenters. The van der Waals surface area contributed by atoms with Crippen molar-refractivity contribution in [3.05, 3.63) is 0 Å². The van der Waals surface area contributed by atoms with E-state index in [-0.39, 0.29) is 5.92 Å². The number of unbranched alkanes of at least 4 members (excludes halogenated alkanes) is 17. The summed E-state index contributed by atoms with van der Waals surface area (Å²) in [5.41, 5.74) is 0. The summed E-state index contributed by atoms with van der Waals surface area (Å²) < 4.78 is 0. The van der Waals surface area contributed by atoms with Crippen molar-refractivity contribution in [2.24, 2.45) is 17.8 Å². The molecular weight excluding hydrogens is 380 g/mol. The Labute approximate surface area is 196 Å². The lowest BCUT2D eigenvalue weighted by Crippen LogP contribution is -2.14. The van der Waals surface area contributed by atoms with E-state index in [4.69, 9.17) is 5.11 Å². The molecule has 2 heteroatoms. The lowest BCUT2D eigenvalue weighted by molar-refractivity contribution is -0.141. The lowest BCUT2D eigenvalue weighted by Gasteiger charge is -2.19. The van der Waals surface area contributed by atoms with Gasteiger partial charge in [-0.25, -0.2) is 0 Å². The van der Waals surface area contributed by atoms with Crippen LogP contribution in [0.1, 0.15) is 163 Å². The fraction of sp³-hybridized carbons (Fsp3) is 0.966. The van der Waals surface area contributed by atoms with Gasteiger partial charge in [-0.15, -0.1) is 0 Å². The maximum atomic E-state index is 11.0. The van der Waals surface area contributed by atoms with Crippen LogP contribution in [0.2, 0.25) is 0 Å². The summed E-state index contributed by atoms with van der Waals surface area (Å²) in [4.78, 5) is 11.0. The Balaban J connectivity index is 3.26. The molecule has 0 amide bonds. The number of hydrogen-bond acceptors (Lipinski definition) is 1. The molecule has 2 nitrogen and oxygen atoms in total. The Morgan fingerprint density at radius 2 is 0.903 bits per heavy atom. The third-order valence-electron chi connectivity index (χ3n) is 7.03. The van der Waals surface area contributed by atoms with E-state index in [0.29, 0.717) is 5.92 Å². The predicted molar refractivity (Wildman–Crippen MR) is 138 cm³/mol. The smallest absolute Gasteiger partial charge is 0.306 e. The summed E-state index contributed by atoms with van der Waals surface area (Å²) in [6.07, 6.45) is 29.1. The molecule has 0 radical (unpaired) electrons. The highest BCUT2D eigenvalue weighted by atomic mass is 16.4. The largest absolute Gasteiger partial charge is 0.481 e. The van der Waals surface area contributed by atoms with E-state index in [1.54, 1.807) is 0 Å². The topological polar surface area (TPSA) is 37.3 Å². The number of carboxylic acid groups (broad SMARTS) is 1. The van der Waals surface area contributed by atoms with Crippen LogP contribution in [0.3, 0.4) is 0 Å². The minimum absolute atomic E-state index is 0.202. The minimum atomic E-state index is -0.650. The molecule has 0 bridgehead atoms. The number of carboxylic acids is 1. The van der Waals surface area contributed by atoms with E-state index in [1.165, 1.54) is 128 Å². The van der Waals surface area contributed by atoms with Crippen molar-refractivity contribution in [3.63, 3.8) is 0 Å². The summed E-state index contributed by atoms with van der Waals surface area (Å²) in [6.45, 7) is 8.68. The number of carbonyl (C=O) groups is 1. The Bertz CT molecular complexity index is 379. The molecule has 186 valence electrons. The molecule has 0 aliphatic carbocycles. The first-order valence-corrected chi connectivity index (χ1v) is 14.2. The van der Waals surface area contributed by atoms with Gasteiger partial charge in [-0.3, -0.25) is 4.79 Å². The number of hydrogen-bond donors (Lipinski definition) is 1. The molecule has 0 saturated heterocycles. The molecule has 0 aliphatic heterocycles. The standard InChI is InChI=1S/C29H58O2/c1-5-6-7-8-9-10-11-12-13-14-15-16-17-18-19-20-21-22-23-26(2)24-27(3)25-28(4)29(30)31/h26-28H,5-25H2,1-4H3,(H,30,31)/t26-,27-,28-/m1/s1. The van der Waals surface area contributed by atoms with E-state index in [9.17, 15) is 4.79 Å². The molecule has 0 aliphatic rings. The molecular formula is C29H58O2. The third kappa shape index (κ3) is 22.5. The second-order valence-corrected chi connectivity index (χ2v) is 10.7. The molecule has 0 aromatic heterocycles. The normalized spacial score (nSPS) is 14.5. The number of rotatable bonds is 24. The zero-order valence-electron chi connectivity index (χ0n) is 21.9. The zero-order valence-corrected chi connectivity index (χ0v) is 21.9. The molecule has 0 rings (SSSR count). The highest BCUT2D eigenvalue weighted by Crippen LogP contribution is 2.24. The van der Waals surface area contributed by atoms with Gasteiger partial charge in [-0.2, -0.15) is 0 Å². The fourth-order valence-electron chi connectivity index (χ4n) is 5.00. The molecule has 3 atom stereocenters. The van der Waals surface area contributed by atoms with Crippen LogP contribution in [0.25, 0.3) is 0 Å². The van der Waals surface area contributed by atoms with Gasteiger partial charge in [0.05, 0.1) is 5.92 Å². The predicted octanol–water partition coefficient (Wildman–Crippen LogP) is 10.2. The van der Waals surface area contributed by atoms with Gasteiger partial charge in [-0.05, 0) is 24.7 Å². The summed E-state index contributed by atoms with van der Waals surface area (Å²) in [5, 5.41) is 9.04. The molecule has 0 aromatic carbocycles. The SMILES string of the molecule is CCCCCCCCCCCCCCCCCCCC[C@@H](C)C[C@@H](C)C[C@@H](C)C(=O)O. The second kappa shape index (κ2) is 22.7. The zero-order chi connectivity index (χ0) is 23.2. The van der Waals surface area contributed by atoms with E-state index in [0.717, 1.165) is 12.3 Å². The second-order valence-electron chi connectivity index (χ2n) is 10.7.